The van der Waals surface area contributed by atoms with Crippen LogP contribution in [0.5, 0.6) is 17.2 Å². The van der Waals surface area contributed by atoms with E-state index < -0.39 is 17.6 Å². The summed E-state index contributed by atoms with van der Waals surface area (Å²) in [7, 11) is 3.14. The lowest BCUT2D eigenvalue weighted by Gasteiger charge is -2.28. The van der Waals surface area contributed by atoms with Gasteiger partial charge in [-0.05, 0) is 73.5 Å². The molecule has 0 saturated heterocycles. The molecule has 3 N–H and O–H groups in total. The summed E-state index contributed by atoms with van der Waals surface area (Å²) in [5.74, 6) is 0.892. The molecule has 1 atom stereocenters. The van der Waals surface area contributed by atoms with E-state index in [4.69, 9.17) is 18.6 Å². The van der Waals surface area contributed by atoms with Gasteiger partial charge in [0.05, 0.1) is 14.2 Å². The summed E-state index contributed by atoms with van der Waals surface area (Å²) in [6.07, 6.45) is 5.98. The average Bonchev–Trinajstić information content (AvgIpc) is 3.05. The van der Waals surface area contributed by atoms with E-state index in [9.17, 15) is 14.4 Å². The van der Waals surface area contributed by atoms with Crippen LogP contribution in [-0.4, -0.2) is 44.7 Å². The van der Waals surface area contributed by atoms with E-state index in [1.165, 1.54) is 38.2 Å². The van der Waals surface area contributed by atoms with Gasteiger partial charge in [0.2, 0.25) is 0 Å². The minimum absolute atomic E-state index is 0.0316. The molecule has 3 aromatic carbocycles. The molecule has 0 spiro atoms. The maximum atomic E-state index is 13.3. The van der Waals surface area contributed by atoms with Crippen LogP contribution in [0.3, 0.4) is 0 Å². The average molecular weight is 598 g/mol. The molecule has 2 aliphatic rings. The van der Waals surface area contributed by atoms with Crippen LogP contribution in [0.25, 0.3) is 22.1 Å². The Bertz CT molecular complexity index is 1760. The van der Waals surface area contributed by atoms with E-state index in [0.29, 0.717) is 58.5 Å². The first kappa shape index (κ1) is 29.3. The number of fused-ring (bicyclic) bond motifs is 3. The number of rotatable bonds is 9. The van der Waals surface area contributed by atoms with E-state index in [0.717, 1.165) is 5.56 Å². The molecule has 4 aromatic rings. The third-order valence-corrected chi connectivity index (χ3v) is 8.21. The highest BCUT2D eigenvalue weighted by atomic mass is 16.5. The standard InChI is InChI=1S/C34H35N3O7/c1-41-24-10-6-7-20(17-24)25-18-22(12-13-27(25)42-2)32(38)36-26-19-21-11-14-28-30(31(21)44-34(26)40)37-33(39)29(43-28)15-16-35-23-8-4-3-5-9-23/h6-7,10-14,17-19,23,29,35H,3-5,8-9,15-16H2,1-2H3,(H,36,38)(H,37,39). The zero-order valence-electron chi connectivity index (χ0n) is 24.7. The number of carbonyl (C=O) groups is 2. The smallest absolute Gasteiger partial charge is 0.360 e. The van der Waals surface area contributed by atoms with Crippen molar-refractivity contribution in [2.75, 3.05) is 31.4 Å². The van der Waals surface area contributed by atoms with Gasteiger partial charge in [-0.3, -0.25) is 9.59 Å². The van der Waals surface area contributed by atoms with Crippen LogP contribution in [0.1, 0.15) is 48.9 Å². The largest absolute Gasteiger partial charge is 0.497 e. The predicted molar refractivity (Wildman–Crippen MR) is 168 cm³/mol. The summed E-state index contributed by atoms with van der Waals surface area (Å²) in [5.41, 5.74) is 1.51. The van der Waals surface area contributed by atoms with Gasteiger partial charge in [0.15, 0.2) is 11.7 Å². The molecule has 1 saturated carbocycles. The molecule has 10 heteroatoms. The van der Waals surface area contributed by atoms with Crippen molar-refractivity contribution in [2.24, 2.45) is 0 Å². The number of ether oxygens (including phenoxy) is 3. The summed E-state index contributed by atoms with van der Waals surface area (Å²) in [4.78, 5) is 39.2. The second-order valence-electron chi connectivity index (χ2n) is 11.1. The fourth-order valence-electron chi connectivity index (χ4n) is 5.86. The van der Waals surface area contributed by atoms with Gasteiger partial charge in [-0.25, -0.2) is 4.79 Å². The van der Waals surface area contributed by atoms with Crippen molar-refractivity contribution in [1.82, 2.24) is 5.32 Å². The molecule has 0 bridgehead atoms. The lowest BCUT2D eigenvalue weighted by Crippen LogP contribution is -2.41. The predicted octanol–water partition coefficient (Wildman–Crippen LogP) is 5.74. The van der Waals surface area contributed by atoms with Gasteiger partial charge in [0.1, 0.15) is 28.6 Å². The molecule has 228 valence electrons. The van der Waals surface area contributed by atoms with Crippen LogP contribution in [0.15, 0.2) is 69.9 Å². The summed E-state index contributed by atoms with van der Waals surface area (Å²) in [6, 6.07) is 17.9. The molecule has 10 nitrogen and oxygen atoms in total. The summed E-state index contributed by atoms with van der Waals surface area (Å²) in [5, 5.41) is 9.59. The van der Waals surface area contributed by atoms with Gasteiger partial charge in [-0.15, -0.1) is 0 Å². The van der Waals surface area contributed by atoms with Crippen molar-refractivity contribution in [3.63, 3.8) is 0 Å². The van der Waals surface area contributed by atoms with Crippen molar-refractivity contribution < 1.29 is 28.2 Å². The van der Waals surface area contributed by atoms with Gasteiger partial charge in [-0.1, -0.05) is 31.4 Å². The van der Waals surface area contributed by atoms with Gasteiger partial charge in [0.25, 0.3) is 11.8 Å². The topological polar surface area (TPSA) is 128 Å². The molecule has 1 aromatic heterocycles. The fraction of sp³-hybridized carbons (Fsp3) is 0.324. The Hall–Kier alpha value is -4.83. The van der Waals surface area contributed by atoms with Crippen LogP contribution in [-0.2, 0) is 4.79 Å². The fourth-order valence-corrected chi connectivity index (χ4v) is 5.86. The van der Waals surface area contributed by atoms with E-state index >= 15 is 0 Å². The zero-order chi connectivity index (χ0) is 30.6. The number of hydrogen-bond acceptors (Lipinski definition) is 8. The zero-order valence-corrected chi connectivity index (χ0v) is 24.7. The van der Waals surface area contributed by atoms with Gasteiger partial charge in [0, 0.05) is 29.0 Å². The highest BCUT2D eigenvalue weighted by molar-refractivity contribution is 6.08. The van der Waals surface area contributed by atoms with Crippen LogP contribution in [0.4, 0.5) is 11.4 Å². The molecule has 44 heavy (non-hydrogen) atoms. The lowest BCUT2D eigenvalue weighted by molar-refractivity contribution is -0.123. The summed E-state index contributed by atoms with van der Waals surface area (Å²) in [6.45, 7) is 0.680. The van der Waals surface area contributed by atoms with Crippen LogP contribution in [0, 0.1) is 0 Å². The highest BCUT2D eigenvalue weighted by Gasteiger charge is 2.30. The van der Waals surface area contributed by atoms with Crippen molar-refractivity contribution in [2.45, 2.75) is 50.7 Å². The van der Waals surface area contributed by atoms with Crippen molar-refractivity contribution >= 4 is 34.2 Å². The first-order valence-corrected chi connectivity index (χ1v) is 14.9. The highest BCUT2D eigenvalue weighted by Crippen LogP contribution is 2.38. The first-order valence-electron chi connectivity index (χ1n) is 14.9. The number of nitrogens with one attached hydrogen (secondary N) is 3. The lowest BCUT2D eigenvalue weighted by atomic mass is 9.95. The minimum atomic E-state index is -0.756. The van der Waals surface area contributed by atoms with Gasteiger partial charge >= 0.3 is 5.63 Å². The van der Waals surface area contributed by atoms with E-state index in [1.54, 1.807) is 44.6 Å². The molecule has 1 unspecified atom stereocenters. The van der Waals surface area contributed by atoms with E-state index in [-0.39, 0.29) is 17.2 Å². The Kier molecular flexibility index (Phi) is 8.51. The number of benzene rings is 3. The number of carbonyl (C=O) groups excluding carboxylic acids is 2. The van der Waals surface area contributed by atoms with Crippen molar-refractivity contribution in [3.05, 3.63) is 76.6 Å². The van der Waals surface area contributed by atoms with Gasteiger partial charge in [-0.2, -0.15) is 0 Å². The molecule has 1 fully saturated rings. The minimum Gasteiger partial charge on any atom is -0.497 e. The van der Waals surface area contributed by atoms with Crippen LogP contribution in [0.2, 0.25) is 0 Å². The first-order chi connectivity index (χ1) is 21.4. The SMILES string of the molecule is COc1cccc(-c2cc(C(=O)Nc3cc4ccc5c(c4oc3=O)NC(=O)C(CCNC3CCCCC3)O5)ccc2OC)c1. The molecule has 1 aliphatic carbocycles. The Morgan fingerprint density at radius 3 is 2.61 bits per heavy atom. The van der Waals surface area contributed by atoms with Crippen molar-refractivity contribution in [3.8, 4) is 28.4 Å². The molecular formula is C34H35N3O7. The maximum Gasteiger partial charge on any atom is 0.360 e. The molecule has 6 rings (SSSR count). The summed E-state index contributed by atoms with van der Waals surface area (Å²) < 4.78 is 22.5. The molecular weight excluding hydrogens is 562 g/mol. The number of anilines is 2. The summed E-state index contributed by atoms with van der Waals surface area (Å²) >= 11 is 0. The van der Waals surface area contributed by atoms with Crippen molar-refractivity contribution in [1.29, 1.82) is 0 Å². The number of amides is 2. The normalized spacial score (nSPS) is 16.5. The number of methoxy groups -OCH3 is 2. The van der Waals surface area contributed by atoms with Gasteiger partial charge < -0.3 is 34.6 Å². The monoisotopic (exact) mass is 597 g/mol. The second kappa shape index (κ2) is 12.8. The molecule has 1 aliphatic heterocycles. The number of hydrogen-bond donors (Lipinski definition) is 3. The quantitative estimate of drug-likeness (QED) is 0.208. The Morgan fingerprint density at radius 2 is 1.82 bits per heavy atom. The molecule has 0 radical (unpaired) electrons. The van der Waals surface area contributed by atoms with Crippen LogP contribution >= 0.6 is 0 Å². The van der Waals surface area contributed by atoms with E-state index in [2.05, 4.69) is 16.0 Å². The third kappa shape index (κ3) is 6.12. The third-order valence-electron chi connectivity index (χ3n) is 8.21. The molecule has 2 amide bonds. The van der Waals surface area contributed by atoms with E-state index in [1.807, 2.05) is 24.3 Å². The van der Waals surface area contributed by atoms with Crippen LogP contribution < -0.4 is 35.8 Å². The maximum absolute atomic E-state index is 13.3. The Labute approximate surface area is 254 Å². The molecule has 2 heterocycles. The second-order valence-corrected chi connectivity index (χ2v) is 11.1. The Morgan fingerprint density at radius 1 is 0.977 bits per heavy atom. The Balaban J connectivity index is 1.19.